The van der Waals surface area contributed by atoms with E-state index in [0.717, 1.165) is 18.9 Å². The first-order chi connectivity index (χ1) is 14.2. The van der Waals surface area contributed by atoms with Gasteiger partial charge in [0.05, 0.1) is 0 Å². The maximum atomic E-state index is 5.33. The Morgan fingerprint density at radius 1 is 0.759 bits per heavy atom. The van der Waals surface area contributed by atoms with Crippen LogP contribution in [0.5, 0.6) is 0 Å². The standard InChI is InChI=1S/C27H24N2/c1-27(23-15-6-3-7-16-23)20-29(19-21-11-4-2-5-12-21)26(28-27)25-18-10-14-22-13-8-9-17-24(22)25/h2-18H,19-20H2,1H3. The van der Waals surface area contributed by atoms with Crippen LogP contribution in [0, 0.1) is 0 Å². The van der Waals surface area contributed by atoms with Crippen LogP contribution >= 0.6 is 0 Å². The Kier molecular flexibility index (Phi) is 4.40. The Hall–Kier alpha value is -3.39. The third-order valence-corrected chi connectivity index (χ3v) is 5.79. The molecule has 0 spiro atoms. The summed E-state index contributed by atoms with van der Waals surface area (Å²) in [6, 6.07) is 36.4. The first kappa shape index (κ1) is 17.7. The van der Waals surface area contributed by atoms with Crippen molar-refractivity contribution in [2.45, 2.75) is 19.0 Å². The largest absolute Gasteiger partial charge is 0.349 e. The second-order valence-electron chi connectivity index (χ2n) is 7.94. The van der Waals surface area contributed by atoms with Crippen LogP contribution in [-0.2, 0) is 12.1 Å². The predicted octanol–water partition coefficient (Wildman–Crippen LogP) is 6.02. The Bertz CT molecular complexity index is 1160. The van der Waals surface area contributed by atoms with Crippen molar-refractivity contribution in [1.82, 2.24) is 4.90 Å². The fraction of sp³-hybridized carbons (Fsp3) is 0.148. The number of hydrogen-bond donors (Lipinski definition) is 0. The van der Waals surface area contributed by atoms with E-state index in [-0.39, 0.29) is 5.54 Å². The van der Waals surface area contributed by atoms with E-state index in [0.29, 0.717) is 0 Å². The molecule has 0 saturated carbocycles. The molecule has 0 aromatic heterocycles. The molecule has 1 aliphatic heterocycles. The molecule has 5 rings (SSSR count). The molecule has 1 heterocycles. The Balaban J connectivity index is 1.64. The third kappa shape index (κ3) is 3.31. The molecule has 4 aromatic rings. The topological polar surface area (TPSA) is 15.6 Å². The lowest BCUT2D eigenvalue weighted by Gasteiger charge is -2.26. The van der Waals surface area contributed by atoms with Gasteiger partial charge in [-0.1, -0.05) is 103 Å². The van der Waals surface area contributed by atoms with Crippen molar-refractivity contribution in [3.05, 3.63) is 120 Å². The smallest absolute Gasteiger partial charge is 0.132 e. The van der Waals surface area contributed by atoms with Crippen molar-refractivity contribution < 1.29 is 0 Å². The molecular formula is C27H24N2. The summed E-state index contributed by atoms with van der Waals surface area (Å²) < 4.78 is 0. The van der Waals surface area contributed by atoms with Gasteiger partial charge in [-0.3, -0.25) is 4.99 Å². The number of fused-ring (bicyclic) bond motifs is 1. The quantitative estimate of drug-likeness (QED) is 0.425. The van der Waals surface area contributed by atoms with Gasteiger partial charge < -0.3 is 4.90 Å². The van der Waals surface area contributed by atoms with Gasteiger partial charge in [-0.05, 0) is 28.8 Å². The van der Waals surface area contributed by atoms with Crippen LogP contribution in [0.15, 0.2) is 108 Å². The van der Waals surface area contributed by atoms with Gasteiger partial charge in [-0.25, -0.2) is 0 Å². The van der Waals surface area contributed by atoms with E-state index in [4.69, 9.17) is 4.99 Å². The molecule has 0 N–H and O–H groups in total. The van der Waals surface area contributed by atoms with E-state index in [1.165, 1.54) is 27.5 Å². The lowest BCUT2D eigenvalue weighted by atomic mass is 9.93. The van der Waals surface area contributed by atoms with E-state index < -0.39 is 0 Å². The van der Waals surface area contributed by atoms with Gasteiger partial charge in [0.25, 0.3) is 0 Å². The highest BCUT2D eigenvalue weighted by Gasteiger charge is 2.37. The lowest BCUT2D eigenvalue weighted by Crippen LogP contribution is -2.32. The average Bonchev–Trinajstić information content (AvgIpc) is 3.12. The molecule has 1 atom stereocenters. The lowest BCUT2D eigenvalue weighted by molar-refractivity contribution is 0.358. The van der Waals surface area contributed by atoms with Gasteiger partial charge in [0.15, 0.2) is 0 Å². The predicted molar refractivity (Wildman–Crippen MR) is 121 cm³/mol. The van der Waals surface area contributed by atoms with Crippen LogP contribution in [0.4, 0.5) is 0 Å². The fourth-order valence-corrected chi connectivity index (χ4v) is 4.32. The monoisotopic (exact) mass is 376 g/mol. The highest BCUT2D eigenvalue weighted by molar-refractivity contribution is 6.10. The summed E-state index contributed by atoms with van der Waals surface area (Å²) >= 11 is 0. The molecular weight excluding hydrogens is 352 g/mol. The van der Waals surface area contributed by atoms with Crippen molar-refractivity contribution in [2.24, 2.45) is 4.99 Å². The highest BCUT2D eigenvalue weighted by atomic mass is 15.3. The molecule has 4 aromatic carbocycles. The van der Waals surface area contributed by atoms with Gasteiger partial charge >= 0.3 is 0 Å². The zero-order valence-electron chi connectivity index (χ0n) is 16.6. The van der Waals surface area contributed by atoms with Gasteiger partial charge in [-0.15, -0.1) is 0 Å². The molecule has 0 aliphatic carbocycles. The average molecular weight is 377 g/mol. The molecule has 0 bridgehead atoms. The van der Waals surface area contributed by atoms with Crippen LogP contribution in [0.1, 0.15) is 23.6 Å². The van der Waals surface area contributed by atoms with Gasteiger partial charge in [0.2, 0.25) is 0 Å². The summed E-state index contributed by atoms with van der Waals surface area (Å²) in [7, 11) is 0. The van der Waals surface area contributed by atoms with Gasteiger partial charge in [0, 0.05) is 18.7 Å². The second kappa shape index (κ2) is 7.21. The molecule has 0 radical (unpaired) electrons. The molecule has 29 heavy (non-hydrogen) atoms. The summed E-state index contributed by atoms with van der Waals surface area (Å²) in [6.45, 7) is 3.97. The zero-order chi connectivity index (χ0) is 19.7. The molecule has 1 aliphatic rings. The van der Waals surface area contributed by atoms with Crippen molar-refractivity contribution >= 4 is 16.6 Å². The molecule has 2 heteroatoms. The maximum Gasteiger partial charge on any atom is 0.132 e. The van der Waals surface area contributed by atoms with Crippen LogP contribution in [-0.4, -0.2) is 17.3 Å². The summed E-state index contributed by atoms with van der Waals surface area (Å²) in [4.78, 5) is 7.77. The van der Waals surface area contributed by atoms with Crippen LogP contribution in [0.2, 0.25) is 0 Å². The van der Waals surface area contributed by atoms with Crippen molar-refractivity contribution in [3.8, 4) is 0 Å². The second-order valence-corrected chi connectivity index (χ2v) is 7.94. The third-order valence-electron chi connectivity index (χ3n) is 5.79. The van der Waals surface area contributed by atoms with E-state index in [2.05, 4.69) is 115 Å². The zero-order valence-corrected chi connectivity index (χ0v) is 16.6. The van der Waals surface area contributed by atoms with E-state index in [1.54, 1.807) is 0 Å². The number of hydrogen-bond acceptors (Lipinski definition) is 2. The number of aliphatic imine (C=N–C) groups is 1. The Morgan fingerprint density at radius 3 is 2.21 bits per heavy atom. The van der Waals surface area contributed by atoms with Gasteiger partial charge in [-0.2, -0.15) is 0 Å². The minimum absolute atomic E-state index is 0.262. The molecule has 142 valence electrons. The molecule has 1 unspecified atom stereocenters. The Morgan fingerprint density at radius 2 is 1.41 bits per heavy atom. The van der Waals surface area contributed by atoms with Crippen molar-refractivity contribution in [1.29, 1.82) is 0 Å². The molecule has 0 fully saturated rings. The van der Waals surface area contributed by atoms with Crippen LogP contribution < -0.4 is 0 Å². The number of amidine groups is 1. The summed E-state index contributed by atoms with van der Waals surface area (Å²) in [5.41, 5.74) is 3.51. The highest BCUT2D eigenvalue weighted by Crippen LogP contribution is 2.35. The van der Waals surface area contributed by atoms with Crippen molar-refractivity contribution in [3.63, 3.8) is 0 Å². The van der Waals surface area contributed by atoms with Gasteiger partial charge in [0.1, 0.15) is 11.4 Å². The van der Waals surface area contributed by atoms with Crippen LogP contribution in [0.25, 0.3) is 10.8 Å². The summed E-state index contributed by atoms with van der Waals surface area (Å²) in [5.74, 6) is 1.08. The van der Waals surface area contributed by atoms with Crippen molar-refractivity contribution in [2.75, 3.05) is 6.54 Å². The Labute approximate surface area is 172 Å². The van der Waals surface area contributed by atoms with E-state index in [9.17, 15) is 0 Å². The summed E-state index contributed by atoms with van der Waals surface area (Å²) in [6.07, 6.45) is 0. The minimum Gasteiger partial charge on any atom is -0.349 e. The molecule has 0 saturated heterocycles. The maximum absolute atomic E-state index is 5.33. The number of benzene rings is 4. The van der Waals surface area contributed by atoms with E-state index >= 15 is 0 Å². The summed E-state index contributed by atoms with van der Waals surface area (Å²) in [5, 5.41) is 2.50. The first-order valence-corrected chi connectivity index (χ1v) is 10.2. The van der Waals surface area contributed by atoms with Crippen LogP contribution in [0.3, 0.4) is 0 Å². The fourth-order valence-electron chi connectivity index (χ4n) is 4.32. The van der Waals surface area contributed by atoms with E-state index in [1.807, 2.05) is 0 Å². The molecule has 0 amide bonds. The normalized spacial score (nSPS) is 18.8. The first-order valence-electron chi connectivity index (χ1n) is 10.2. The molecule has 2 nitrogen and oxygen atoms in total. The number of rotatable bonds is 4. The SMILES string of the molecule is CC1(c2ccccc2)CN(Cc2ccccc2)C(c2cccc3ccccc23)=N1. The minimum atomic E-state index is -0.262. The number of nitrogens with zero attached hydrogens (tertiary/aromatic N) is 2.